The van der Waals surface area contributed by atoms with Gasteiger partial charge in [-0.05, 0) is 49.6 Å². The Morgan fingerprint density at radius 3 is 2.71 bits per heavy atom. The quantitative estimate of drug-likeness (QED) is 0.498. The monoisotopic (exact) mass is 302 g/mol. The third-order valence-electron chi connectivity index (χ3n) is 2.91. The molecule has 0 atom stereocenters. The van der Waals surface area contributed by atoms with Crippen molar-refractivity contribution in [3.8, 4) is 0 Å². The third kappa shape index (κ3) is 3.92. The molecule has 0 spiro atoms. The molecule has 0 saturated carbocycles. The van der Waals surface area contributed by atoms with Crippen LogP contribution in [-0.4, -0.2) is 18.8 Å². The first kappa shape index (κ1) is 15.3. The molecule has 2 aromatic rings. The summed E-state index contributed by atoms with van der Waals surface area (Å²) >= 11 is 1.68. The van der Waals surface area contributed by atoms with Gasteiger partial charge in [-0.1, -0.05) is 6.07 Å². The van der Waals surface area contributed by atoms with Crippen LogP contribution >= 0.6 is 11.8 Å². The molecule has 110 valence electrons. The molecule has 0 aliphatic carbocycles. The second-order valence-corrected chi connectivity index (χ2v) is 5.26. The van der Waals surface area contributed by atoms with Crippen molar-refractivity contribution >= 4 is 34.8 Å². The highest BCUT2D eigenvalue weighted by Crippen LogP contribution is 2.25. The zero-order valence-corrected chi connectivity index (χ0v) is 12.9. The van der Waals surface area contributed by atoms with Gasteiger partial charge in [0.1, 0.15) is 0 Å². The molecule has 0 fully saturated rings. The molecule has 0 unspecified atom stereocenters. The van der Waals surface area contributed by atoms with E-state index >= 15 is 0 Å². The molecule has 21 heavy (non-hydrogen) atoms. The van der Waals surface area contributed by atoms with Crippen LogP contribution in [0.3, 0.4) is 0 Å². The minimum absolute atomic E-state index is 0.325. The van der Waals surface area contributed by atoms with Crippen LogP contribution in [0.1, 0.15) is 17.3 Å². The van der Waals surface area contributed by atoms with Gasteiger partial charge in [0.05, 0.1) is 12.2 Å². The smallest absolute Gasteiger partial charge is 0.340 e. The first-order valence-corrected chi connectivity index (χ1v) is 7.84. The van der Waals surface area contributed by atoms with Gasteiger partial charge in [-0.15, -0.1) is 11.8 Å². The lowest BCUT2D eigenvalue weighted by Gasteiger charge is -2.11. The van der Waals surface area contributed by atoms with Crippen molar-refractivity contribution in [3.63, 3.8) is 0 Å². The van der Waals surface area contributed by atoms with E-state index < -0.39 is 5.97 Å². The lowest BCUT2D eigenvalue weighted by atomic mass is 10.1. The number of thioether (sulfide) groups is 1. The van der Waals surface area contributed by atoms with Gasteiger partial charge in [0.2, 0.25) is 0 Å². The molecule has 0 aromatic heterocycles. The molecular weight excluding hydrogens is 284 g/mol. The number of rotatable bonds is 5. The van der Waals surface area contributed by atoms with Crippen molar-refractivity contribution in [2.45, 2.75) is 11.8 Å². The van der Waals surface area contributed by atoms with E-state index in [9.17, 15) is 4.79 Å². The molecule has 0 saturated heterocycles. The van der Waals surface area contributed by atoms with E-state index in [4.69, 9.17) is 10.5 Å². The van der Waals surface area contributed by atoms with Crippen LogP contribution in [0.2, 0.25) is 0 Å². The number of esters is 1. The number of benzene rings is 2. The van der Waals surface area contributed by atoms with E-state index in [0.717, 1.165) is 11.4 Å². The summed E-state index contributed by atoms with van der Waals surface area (Å²) in [6.45, 7) is 2.09. The molecule has 0 aliphatic heterocycles. The number of anilines is 3. The predicted octanol–water partition coefficient (Wildman–Crippen LogP) is 3.91. The van der Waals surface area contributed by atoms with Gasteiger partial charge in [-0.3, -0.25) is 0 Å². The van der Waals surface area contributed by atoms with Crippen LogP contribution in [0.5, 0.6) is 0 Å². The zero-order chi connectivity index (χ0) is 15.2. The Bertz CT molecular complexity index is 644. The number of carbonyl (C=O) groups excluding carboxylic acids is 1. The summed E-state index contributed by atoms with van der Waals surface area (Å²) in [7, 11) is 0. The summed E-state index contributed by atoms with van der Waals surface area (Å²) in [5.41, 5.74) is 8.38. The first-order chi connectivity index (χ1) is 10.1. The maximum atomic E-state index is 11.8. The fraction of sp³-hybridized carbons (Fsp3) is 0.188. The van der Waals surface area contributed by atoms with Crippen molar-refractivity contribution in [2.24, 2.45) is 0 Å². The van der Waals surface area contributed by atoms with E-state index in [2.05, 4.69) is 5.32 Å². The van der Waals surface area contributed by atoms with E-state index in [1.807, 2.05) is 36.6 Å². The van der Waals surface area contributed by atoms with Gasteiger partial charge < -0.3 is 15.8 Å². The predicted molar refractivity (Wildman–Crippen MR) is 88.3 cm³/mol. The Kier molecular flexibility index (Phi) is 5.11. The third-order valence-corrected chi connectivity index (χ3v) is 3.63. The van der Waals surface area contributed by atoms with Gasteiger partial charge in [0.15, 0.2) is 0 Å². The van der Waals surface area contributed by atoms with Crippen LogP contribution in [0, 0.1) is 0 Å². The van der Waals surface area contributed by atoms with Crippen molar-refractivity contribution in [1.82, 2.24) is 0 Å². The second-order valence-electron chi connectivity index (χ2n) is 4.38. The number of nitrogens with one attached hydrogen (secondary N) is 1. The van der Waals surface area contributed by atoms with E-state index in [0.29, 0.717) is 17.9 Å². The molecule has 0 radical (unpaired) electrons. The molecular formula is C16H18N2O2S. The maximum absolute atomic E-state index is 11.8. The topological polar surface area (TPSA) is 64.3 Å². The Labute approximate surface area is 128 Å². The molecule has 0 heterocycles. The van der Waals surface area contributed by atoms with Gasteiger partial charge in [0, 0.05) is 22.0 Å². The van der Waals surface area contributed by atoms with Crippen LogP contribution in [0.25, 0.3) is 0 Å². The molecule has 4 nitrogen and oxygen atoms in total. The molecule has 2 aromatic carbocycles. The fourth-order valence-corrected chi connectivity index (χ4v) is 2.35. The van der Waals surface area contributed by atoms with Gasteiger partial charge in [0.25, 0.3) is 0 Å². The molecule has 2 rings (SSSR count). The number of carbonyl (C=O) groups is 1. The molecule has 0 bridgehead atoms. The first-order valence-electron chi connectivity index (χ1n) is 6.61. The number of hydrogen-bond acceptors (Lipinski definition) is 5. The van der Waals surface area contributed by atoms with Gasteiger partial charge >= 0.3 is 5.97 Å². The van der Waals surface area contributed by atoms with Crippen LogP contribution < -0.4 is 11.1 Å². The number of nitrogen functional groups attached to an aromatic ring is 1. The number of ether oxygens (including phenoxy) is 1. The van der Waals surface area contributed by atoms with Crippen molar-refractivity contribution in [3.05, 3.63) is 48.0 Å². The second kappa shape index (κ2) is 7.04. The summed E-state index contributed by atoms with van der Waals surface area (Å²) in [6, 6.07) is 13.3. The summed E-state index contributed by atoms with van der Waals surface area (Å²) in [5.74, 6) is -0.406. The highest BCUT2D eigenvalue weighted by Gasteiger charge is 2.11. The Balaban J connectivity index is 2.24. The minimum Gasteiger partial charge on any atom is -0.462 e. The largest absolute Gasteiger partial charge is 0.462 e. The lowest BCUT2D eigenvalue weighted by Crippen LogP contribution is -2.08. The summed E-state index contributed by atoms with van der Waals surface area (Å²) in [4.78, 5) is 13.0. The Morgan fingerprint density at radius 2 is 2.00 bits per heavy atom. The lowest BCUT2D eigenvalue weighted by molar-refractivity contribution is 0.0527. The molecule has 5 heteroatoms. The van der Waals surface area contributed by atoms with E-state index in [-0.39, 0.29) is 0 Å². The summed E-state index contributed by atoms with van der Waals surface area (Å²) in [5, 5.41) is 3.27. The zero-order valence-electron chi connectivity index (χ0n) is 12.1. The summed E-state index contributed by atoms with van der Waals surface area (Å²) in [6.07, 6.45) is 2.03. The van der Waals surface area contributed by atoms with Crippen LogP contribution in [0.4, 0.5) is 17.1 Å². The normalized spacial score (nSPS) is 10.2. The number of hydrogen-bond donors (Lipinski definition) is 2. The van der Waals surface area contributed by atoms with Crippen LogP contribution in [-0.2, 0) is 4.74 Å². The van der Waals surface area contributed by atoms with Crippen molar-refractivity contribution < 1.29 is 9.53 Å². The van der Waals surface area contributed by atoms with E-state index in [1.54, 1.807) is 30.8 Å². The highest BCUT2D eigenvalue weighted by atomic mass is 32.2. The SMILES string of the molecule is CCOC(=O)c1cc(Nc2cccc(SC)c2)ccc1N. The fourth-order valence-electron chi connectivity index (χ4n) is 1.89. The maximum Gasteiger partial charge on any atom is 0.340 e. The minimum atomic E-state index is -0.406. The number of nitrogens with two attached hydrogens (primary N) is 1. The van der Waals surface area contributed by atoms with Crippen molar-refractivity contribution in [1.29, 1.82) is 0 Å². The Morgan fingerprint density at radius 1 is 1.24 bits per heavy atom. The highest BCUT2D eigenvalue weighted by molar-refractivity contribution is 7.98. The molecule has 0 aliphatic rings. The van der Waals surface area contributed by atoms with Crippen LogP contribution in [0.15, 0.2) is 47.4 Å². The molecule has 3 N–H and O–H groups in total. The average Bonchev–Trinajstić information content (AvgIpc) is 2.49. The standard InChI is InChI=1S/C16H18N2O2S/c1-3-20-16(19)14-10-12(7-8-15(14)17)18-11-5-4-6-13(9-11)21-2/h4-10,18H,3,17H2,1-2H3. The van der Waals surface area contributed by atoms with E-state index in [1.165, 1.54) is 4.90 Å². The molecule has 0 amide bonds. The van der Waals surface area contributed by atoms with Gasteiger partial charge in [-0.25, -0.2) is 4.79 Å². The Hall–Kier alpha value is -2.14. The average molecular weight is 302 g/mol. The van der Waals surface area contributed by atoms with Crippen molar-refractivity contribution in [2.75, 3.05) is 23.9 Å². The summed E-state index contributed by atoms with van der Waals surface area (Å²) < 4.78 is 5.00. The van der Waals surface area contributed by atoms with Gasteiger partial charge in [-0.2, -0.15) is 0 Å².